The highest BCUT2D eigenvalue weighted by Crippen LogP contribution is 2.09. The van der Waals surface area contributed by atoms with E-state index in [2.05, 4.69) is 26.8 Å². The lowest BCUT2D eigenvalue weighted by Gasteiger charge is -1.85. The molecular formula is C6H9PS. The van der Waals surface area contributed by atoms with Crippen molar-refractivity contribution in [3.63, 3.8) is 0 Å². The summed E-state index contributed by atoms with van der Waals surface area (Å²) >= 11 is 1.83. The fraction of sp³-hybridized carbons (Fsp3) is 0.333. The SMILES string of the molecule is PCCc1cccs1. The summed E-state index contributed by atoms with van der Waals surface area (Å²) in [6.07, 6.45) is 2.39. The van der Waals surface area contributed by atoms with Crippen molar-refractivity contribution in [3.05, 3.63) is 22.4 Å². The zero-order chi connectivity index (χ0) is 5.82. The van der Waals surface area contributed by atoms with Crippen molar-refractivity contribution < 1.29 is 0 Å². The molecule has 0 fully saturated rings. The van der Waals surface area contributed by atoms with E-state index < -0.39 is 0 Å². The molecule has 0 bridgehead atoms. The van der Waals surface area contributed by atoms with E-state index in [0.29, 0.717) is 0 Å². The van der Waals surface area contributed by atoms with Crippen molar-refractivity contribution in [1.82, 2.24) is 0 Å². The van der Waals surface area contributed by atoms with Crippen molar-refractivity contribution in [2.24, 2.45) is 0 Å². The Morgan fingerprint density at radius 2 is 2.50 bits per heavy atom. The molecule has 1 rings (SSSR count). The van der Waals surface area contributed by atoms with E-state index >= 15 is 0 Å². The van der Waals surface area contributed by atoms with E-state index in [1.165, 1.54) is 17.5 Å². The Hall–Kier alpha value is 0.130. The molecule has 8 heavy (non-hydrogen) atoms. The maximum absolute atomic E-state index is 2.73. The van der Waals surface area contributed by atoms with Crippen LogP contribution in [0.25, 0.3) is 0 Å². The van der Waals surface area contributed by atoms with E-state index in [1.807, 2.05) is 11.3 Å². The highest BCUT2D eigenvalue weighted by atomic mass is 32.1. The number of thiophene rings is 1. The van der Waals surface area contributed by atoms with Gasteiger partial charge in [-0.15, -0.1) is 20.6 Å². The van der Waals surface area contributed by atoms with Gasteiger partial charge in [0.15, 0.2) is 0 Å². The van der Waals surface area contributed by atoms with Gasteiger partial charge in [0, 0.05) is 4.88 Å². The van der Waals surface area contributed by atoms with Gasteiger partial charge >= 0.3 is 0 Å². The third kappa shape index (κ3) is 1.57. The number of aryl methyl sites for hydroxylation is 1. The van der Waals surface area contributed by atoms with Gasteiger partial charge in [-0.2, -0.15) is 0 Å². The second-order valence-corrected chi connectivity index (χ2v) is 3.23. The van der Waals surface area contributed by atoms with Crippen LogP contribution < -0.4 is 0 Å². The Balaban J connectivity index is 2.50. The van der Waals surface area contributed by atoms with Crippen molar-refractivity contribution in [2.75, 3.05) is 6.16 Å². The van der Waals surface area contributed by atoms with Crippen LogP contribution in [0.3, 0.4) is 0 Å². The van der Waals surface area contributed by atoms with Crippen LogP contribution in [0.5, 0.6) is 0 Å². The lowest BCUT2D eigenvalue weighted by molar-refractivity contribution is 1.21. The minimum Gasteiger partial charge on any atom is -0.149 e. The normalized spacial score (nSPS) is 9.62. The first-order valence-electron chi connectivity index (χ1n) is 2.66. The Kier molecular flexibility index (Phi) is 2.51. The van der Waals surface area contributed by atoms with Crippen molar-refractivity contribution in [3.8, 4) is 0 Å². The summed E-state index contributed by atoms with van der Waals surface area (Å²) in [7, 11) is 2.73. The quantitative estimate of drug-likeness (QED) is 0.558. The van der Waals surface area contributed by atoms with Gasteiger partial charge in [-0.3, -0.25) is 0 Å². The molecule has 0 aliphatic heterocycles. The van der Waals surface area contributed by atoms with Crippen LogP contribution in [-0.4, -0.2) is 6.16 Å². The summed E-state index contributed by atoms with van der Waals surface area (Å²) in [4.78, 5) is 1.49. The first kappa shape index (κ1) is 6.25. The van der Waals surface area contributed by atoms with E-state index in [0.717, 1.165) is 0 Å². The van der Waals surface area contributed by atoms with Gasteiger partial charge in [0.1, 0.15) is 0 Å². The average Bonchev–Trinajstić information content (AvgIpc) is 2.19. The molecule has 1 aromatic rings. The summed E-state index contributed by atoms with van der Waals surface area (Å²) < 4.78 is 0. The fourth-order valence-corrected chi connectivity index (χ4v) is 1.84. The van der Waals surface area contributed by atoms with Crippen LogP contribution in [0.2, 0.25) is 0 Å². The molecule has 0 radical (unpaired) electrons. The number of rotatable bonds is 2. The molecule has 0 N–H and O–H groups in total. The van der Waals surface area contributed by atoms with Crippen LogP contribution in [0, 0.1) is 0 Å². The molecule has 0 spiro atoms. The molecule has 0 aliphatic rings. The molecule has 0 aliphatic carbocycles. The standard InChI is InChI=1S/C6H9PS/c7-4-3-6-2-1-5-8-6/h1-2,5H,3-4,7H2. The van der Waals surface area contributed by atoms with Gasteiger partial charge < -0.3 is 0 Å². The molecule has 1 aromatic heterocycles. The summed E-state index contributed by atoms with van der Waals surface area (Å²) in [6.45, 7) is 0. The first-order chi connectivity index (χ1) is 3.93. The molecule has 0 saturated carbocycles. The third-order valence-corrected chi connectivity index (χ3v) is 2.20. The largest absolute Gasteiger partial charge is 0.149 e. The predicted octanol–water partition coefficient (Wildman–Crippen LogP) is 2.17. The molecule has 1 unspecified atom stereocenters. The molecule has 1 atom stereocenters. The zero-order valence-corrected chi connectivity index (χ0v) is 6.60. The van der Waals surface area contributed by atoms with Crippen LogP contribution in [0.1, 0.15) is 4.88 Å². The van der Waals surface area contributed by atoms with Crippen LogP contribution in [0.4, 0.5) is 0 Å². The molecular weight excluding hydrogens is 135 g/mol. The minimum absolute atomic E-state index is 1.18. The van der Waals surface area contributed by atoms with Gasteiger partial charge in [-0.1, -0.05) is 6.07 Å². The second kappa shape index (κ2) is 3.21. The molecule has 0 amide bonds. The van der Waals surface area contributed by atoms with E-state index in [9.17, 15) is 0 Å². The van der Waals surface area contributed by atoms with Crippen molar-refractivity contribution in [1.29, 1.82) is 0 Å². The van der Waals surface area contributed by atoms with Gasteiger partial charge in [0.25, 0.3) is 0 Å². The van der Waals surface area contributed by atoms with Gasteiger partial charge in [-0.25, -0.2) is 0 Å². The predicted molar refractivity (Wildman–Crippen MR) is 42.6 cm³/mol. The minimum atomic E-state index is 1.18. The number of hydrogen-bond donors (Lipinski definition) is 0. The van der Waals surface area contributed by atoms with Crippen LogP contribution >= 0.6 is 20.6 Å². The summed E-state index contributed by atoms with van der Waals surface area (Å²) in [5.41, 5.74) is 0. The average molecular weight is 144 g/mol. The molecule has 1 heterocycles. The van der Waals surface area contributed by atoms with E-state index in [-0.39, 0.29) is 0 Å². The Bertz CT molecular complexity index is 134. The summed E-state index contributed by atoms with van der Waals surface area (Å²) in [6, 6.07) is 4.27. The van der Waals surface area contributed by atoms with Gasteiger partial charge in [0.2, 0.25) is 0 Å². The summed E-state index contributed by atoms with van der Waals surface area (Å²) in [5, 5.41) is 2.12. The zero-order valence-electron chi connectivity index (χ0n) is 4.63. The van der Waals surface area contributed by atoms with E-state index in [1.54, 1.807) is 0 Å². The Morgan fingerprint density at radius 1 is 1.62 bits per heavy atom. The molecule has 44 valence electrons. The monoisotopic (exact) mass is 144 g/mol. The maximum atomic E-state index is 2.73. The smallest absolute Gasteiger partial charge is 0.00485 e. The lowest BCUT2D eigenvalue weighted by atomic mass is 10.4. The van der Waals surface area contributed by atoms with Crippen molar-refractivity contribution >= 4 is 20.6 Å². The highest BCUT2D eigenvalue weighted by Gasteiger charge is 1.87. The van der Waals surface area contributed by atoms with Gasteiger partial charge in [0.05, 0.1) is 0 Å². The molecule has 2 heteroatoms. The van der Waals surface area contributed by atoms with E-state index in [4.69, 9.17) is 0 Å². The second-order valence-electron chi connectivity index (χ2n) is 1.62. The first-order valence-corrected chi connectivity index (χ1v) is 4.35. The summed E-state index contributed by atoms with van der Waals surface area (Å²) in [5.74, 6) is 0. The van der Waals surface area contributed by atoms with Crippen LogP contribution in [-0.2, 0) is 6.42 Å². The molecule has 0 saturated heterocycles. The Labute approximate surface area is 56.1 Å². The van der Waals surface area contributed by atoms with Crippen molar-refractivity contribution in [2.45, 2.75) is 6.42 Å². The molecule has 0 nitrogen and oxygen atoms in total. The fourth-order valence-electron chi connectivity index (χ4n) is 0.597. The number of hydrogen-bond acceptors (Lipinski definition) is 1. The lowest BCUT2D eigenvalue weighted by Crippen LogP contribution is -1.75. The topological polar surface area (TPSA) is 0 Å². The maximum Gasteiger partial charge on any atom is 0.00485 e. The third-order valence-electron chi connectivity index (χ3n) is 0.971. The highest BCUT2D eigenvalue weighted by molar-refractivity contribution is 7.16. The Morgan fingerprint density at radius 3 is 3.00 bits per heavy atom. The molecule has 0 aromatic carbocycles. The van der Waals surface area contributed by atoms with Crippen LogP contribution in [0.15, 0.2) is 17.5 Å². The van der Waals surface area contributed by atoms with Gasteiger partial charge in [-0.05, 0) is 24.0 Å².